The molecule has 10 heteroatoms. The molecular weight excluding hydrogens is 400 g/mol. The van der Waals surface area contributed by atoms with Crippen LogP contribution in [0.3, 0.4) is 0 Å². The topological polar surface area (TPSA) is 105 Å². The molecule has 0 aliphatic carbocycles. The van der Waals surface area contributed by atoms with Crippen LogP contribution in [0.15, 0.2) is 33.9 Å². The quantitative estimate of drug-likeness (QED) is 0.681. The van der Waals surface area contributed by atoms with Crippen LogP contribution >= 0.6 is 11.8 Å². The van der Waals surface area contributed by atoms with Gasteiger partial charge in [0.15, 0.2) is 0 Å². The summed E-state index contributed by atoms with van der Waals surface area (Å²) < 4.78 is 31.3. The van der Waals surface area contributed by atoms with Crippen LogP contribution < -0.4 is 4.72 Å². The Morgan fingerprint density at radius 1 is 1.14 bits per heavy atom. The standard InChI is InChI=1S/C18H24N4O4S2/c1-2-28(24,25)21-15-9-7-14(8-10-15)17-19-20-18(26-17)27-13-16(23)22-11-5-3-4-6-12-22/h7-10,21H,2-6,11-13H2,1H3. The van der Waals surface area contributed by atoms with Gasteiger partial charge in [-0.05, 0) is 44.0 Å². The van der Waals surface area contributed by atoms with Crippen LogP contribution in [-0.4, -0.2) is 54.0 Å². The molecule has 3 rings (SSSR count). The molecule has 2 aromatic rings. The number of anilines is 1. The van der Waals surface area contributed by atoms with Crippen LogP contribution in [0.5, 0.6) is 0 Å². The first-order valence-electron chi connectivity index (χ1n) is 9.32. The lowest BCUT2D eigenvalue weighted by atomic mass is 10.2. The maximum Gasteiger partial charge on any atom is 0.277 e. The van der Waals surface area contributed by atoms with Crippen molar-refractivity contribution in [3.63, 3.8) is 0 Å². The van der Waals surface area contributed by atoms with E-state index in [0.29, 0.717) is 22.4 Å². The highest BCUT2D eigenvalue weighted by atomic mass is 32.2. The number of benzene rings is 1. The van der Waals surface area contributed by atoms with E-state index in [1.807, 2.05) is 4.90 Å². The molecule has 1 amide bonds. The van der Waals surface area contributed by atoms with Crippen molar-refractivity contribution in [2.75, 3.05) is 29.3 Å². The minimum atomic E-state index is -3.31. The van der Waals surface area contributed by atoms with Crippen molar-refractivity contribution in [2.45, 2.75) is 37.8 Å². The molecule has 0 saturated carbocycles. The summed E-state index contributed by atoms with van der Waals surface area (Å²) in [6.07, 6.45) is 4.49. The number of sulfonamides is 1. The van der Waals surface area contributed by atoms with Gasteiger partial charge in [0.05, 0.1) is 11.5 Å². The van der Waals surface area contributed by atoms with E-state index in [2.05, 4.69) is 14.9 Å². The summed E-state index contributed by atoms with van der Waals surface area (Å²) in [5, 5.41) is 8.34. The minimum absolute atomic E-state index is 0.00907. The Morgan fingerprint density at radius 3 is 2.46 bits per heavy atom. The fourth-order valence-corrected chi connectivity index (χ4v) is 4.16. The van der Waals surface area contributed by atoms with Crippen molar-refractivity contribution in [3.8, 4) is 11.5 Å². The number of carbonyl (C=O) groups is 1. The number of thioether (sulfide) groups is 1. The number of aromatic nitrogens is 2. The van der Waals surface area contributed by atoms with Crippen molar-refractivity contribution in [2.24, 2.45) is 0 Å². The predicted molar refractivity (Wildman–Crippen MR) is 109 cm³/mol. The zero-order valence-electron chi connectivity index (χ0n) is 15.8. The number of likely N-dealkylation sites (tertiary alicyclic amines) is 1. The average Bonchev–Trinajstić information content (AvgIpc) is 2.99. The SMILES string of the molecule is CCS(=O)(=O)Nc1ccc(-c2nnc(SCC(=O)N3CCCCCC3)o2)cc1. The number of amides is 1. The van der Waals surface area contributed by atoms with Gasteiger partial charge >= 0.3 is 0 Å². The van der Waals surface area contributed by atoms with Gasteiger partial charge in [0.2, 0.25) is 21.8 Å². The maximum atomic E-state index is 12.3. The Balaban J connectivity index is 1.57. The first-order valence-corrected chi connectivity index (χ1v) is 12.0. The van der Waals surface area contributed by atoms with Crippen LogP contribution in [0, 0.1) is 0 Å². The van der Waals surface area contributed by atoms with E-state index < -0.39 is 10.0 Å². The zero-order chi connectivity index (χ0) is 20.0. The summed E-state index contributed by atoms with van der Waals surface area (Å²) in [4.78, 5) is 14.2. The molecule has 1 aromatic heterocycles. The van der Waals surface area contributed by atoms with Gasteiger partial charge in [-0.3, -0.25) is 9.52 Å². The Labute approximate surface area is 169 Å². The second-order valence-corrected chi connectivity index (χ2v) is 9.48. The Bertz CT molecular complexity index is 889. The highest BCUT2D eigenvalue weighted by molar-refractivity contribution is 7.99. The normalized spacial score (nSPS) is 15.2. The fraction of sp³-hybridized carbons (Fsp3) is 0.500. The molecule has 152 valence electrons. The molecule has 0 spiro atoms. The number of nitrogens with one attached hydrogen (secondary N) is 1. The van der Waals surface area contributed by atoms with Gasteiger partial charge in [0.1, 0.15) is 0 Å². The molecule has 1 aromatic carbocycles. The summed E-state index contributed by atoms with van der Waals surface area (Å²) >= 11 is 1.24. The molecule has 28 heavy (non-hydrogen) atoms. The van der Waals surface area contributed by atoms with Crippen molar-refractivity contribution in [1.82, 2.24) is 15.1 Å². The summed E-state index contributed by atoms with van der Waals surface area (Å²) in [6, 6.07) is 6.70. The van der Waals surface area contributed by atoms with Gasteiger partial charge in [-0.1, -0.05) is 24.6 Å². The van der Waals surface area contributed by atoms with Crippen LogP contribution in [0.2, 0.25) is 0 Å². The molecule has 0 radical (unpaired) electrons. The molecule has 1 aliphatic heterocycles. The Hall–Kier alpha value is -2.07. The first-order chi connectivity index (χ1) is 13.5. The summed E-state index contributed by atoms with van der Waals surface area (Å²) in [6.45, 7) is 3.22. The monoisotopic (exact) mass is 424 g/mol. The van der Waals surface area contributed by atoms with Crippen molar-refractivity contribution >= 4 is 33.4 Å². The van der Waals surface area contributed by atoms with E-state index >= 15 is 0 Å². The van der Waals surface area contributed by atoms with Crippen molar-refractivity contribution in [3.05, 3.63) is 24.3 Å². The number of hydrogen-bond donors (Lipinski definition) is 1. The number of rotatable bonds is 7. The summed E-state index contributed by atoms with van der Waals surface area (Å²) in [7, 11) is -3.31. The molecule has 0 atom stereocenters. The molecule has 1 saturated heterocycles. The second kappa shape index (κ2) is 9.42. The largest absolute Gasteiger partial charge is 0.411 e. The van der Waals surface area contributed by atoms with Crippen molar-refractivity contribution < 1.29 is 17.6 Å². The highest BCUT2D eigenvalue weighted by Gasteiger charge is 2.17. The third kappa shape index (κ3) is 5.71. The van der Waals surface area contributed by atoms with Crippen LogP contribution in [0.4, 0.5) is 5.69 Å². The average molecular weight is 425 g/mol. The number of hydrogen-bond acceptors (Lipinski definition) is 7. The van der Waals surface area contributed by atoms with Crippen molar-refractivity contribution in [1.29, 1.82) is 0 Å². The second-order valence-electron chi connectivity index (χ2n) is 6.54. The van der Waals surface area contributed by atoms with E-state index in [1.54, 1.807) is 31.2 Å². The molecule has 2 heterocycles. The molecule has 1 fully saturated rings. The van der Waals surface area contributed by atoms with E-state index in [1.165, 1.54) is 24.6 Å². The number of carbonyl (C=O) groups excluding carboxylic acids is 1. The molecular formula is C18H24N4O4S2. The molecule has 0 bridgehead atoms. The van der Waals surface area contributed by atoms with Crippen LogP contribution in [-0.2, 0) is 14.8 Å². The van der Waals surface area contributed by atoms with Gasteiger partial charge in [-0.15, -0.1) is 10.2 Å². The number of nitrogens with zero attached hydrogens (tertiary/aromatic N) is 3. The lowest BCUT2D eigenvalue weighted by Crippen LogP contribution is -2.33. The van der Waals surface area contributed by atoms with E-state index in [9.17, 15) is 13.2 Å². The van der Waals surface area contributed by atoms with Gasteiger partial charge in [-0.2, -0.15) is 0 Å². The smallest absolute Gasteiger partial charge is 0.277 e. The Kier molecular flexibility index (Phi) is 6.95. The fourth-order valence-electron chi connectivity index (χ4n) is 2.85. The molecule has 0 unspecified atom stereocenters. The third-order valence-corrected chi connectivity index (χ3v) is 6.58. The van der Waals surface area contributed by atoms with E-state index in [0.717, 1.165) is 25.9 Å². The lowest BCUT2D eigenvalue weighted by Gasteiger charge is -2.19. The van der Waals surface area contributed by atoms with E-state index in [4.69, 9.17) is 4.42 Å². The van der Waals surface area contributed by atoms with Gasteiger partial charge in [-0.25, -0.2) is 8.42 Å². The maximum absolute atomic E-state index is 12.3. The first kappa shape index (κ1) is 20.7. The summed E-state index contributed by atoms with van der Waals surface area (Å²) in [5.74, 6) is 0.711. The third-order valence-electron chi connectivity index (χ3n) is 4.47. The van der Waals surface area contributed by atoms with Crippen LogP contribution in [0.1, 0.15) is 32.6 Å². The predicted octanol–water partition coefficient (Wildman–Crippen LogP) is 2.99. The minimum Gasteiger partial charge on any atom is -0.411 e. The Morgan fingerprint density at radius 2 is 1.82 bits per heavy atom. The van der Waals surface area contributed by atoms with E-state index in [-0.39, 0.29) is 17.4 Å². The van der Waals surface area contributed by atoms with Gasteiger partial charge in [0, 0.05) is 24.3 Å². The lowest BCUT2D eigenvalue weighted by molar-refractivity contribution is -0.128. The highest BCUT2D eigenvalue weighted by Crippen LogP contribution is 2.25. The zero-order valence-corrected chi connectivity index (χ0v) is 17.4. The van der Waals surface area contributed by atoms with Gasteiger partial charge in [0.25, 0.3) is 5.22 Å². The van der Waals surface area contributed by atoms with Crippen LogP contribution in [0.25, 0.3) is 11.5 Å². The van der Waals surface area contributed by atoms with Gasteiger partial charge < -0.3 is 9.32 Å². The molecule has 8 nitrogen and oxygen atoms in total. The molecule has 1 aliphatic rings. The summed E-state index contributed by atoms with van der Waals surface area (Å²) in [5.41, 5.74) is 1.15. The molecule has 1 N–H and O–H groups in total.